The number of ketones is 2. The number of aromatic nitrogens is 2. The quantitative estimate of drug-likeness (QED) is 0.136. The van der Waals surface area contributed by atoms with Crippen LogP contribution < -0.4 is 113 Å². The Balaban J connectivity index is 0.000000271. The van der Waals surface area contributed by atoms with E-state index in [0.717, 1.165) is 99.8 Å². The first kappa shape index (κ1) is 58.0. The molecule has 1 aromatic heterocycles. The third kappa shape index (κ3) is 12.0. The summed E-state index contributed by atoms with van der Waals surface area (Å²) in [6.07, 6.45) is 15.2. The molecule has 0 radical (unpaired) electrons. The van der Waals surface area contributed by atoms with E-state index in [-0.39, 0.29) is 151 Å². The van der Waals surface area contributed by atoms with Crippen molar-refractivity contribution in [1.82, 2.24) is 9.97 Å². The molecule has 0 unspecified atom stereocenters. The predicted molar refractivity (Wildman–Crippen MR) is 236 cm³/mol. The third-order valence-electron chi connectivity index (χ3n) is 19.3. The van der Waals surface area contributed by atoms with Crippen molar-refractivity contribution in [2.75, 3.05) is 11.9 Å². The number of halogens is 4. The van der Waals surface area contributed by atoms with E-state index in [0.29, 0.717) is 52.5 Å². The summed E-state index contributed by atoms with van der Waals surface area (Å²) in [6, 6.07) is 0. The van der Waals surface area contributed by atoms with E-state index in [9.17, 15) is 33.0 Å². The van der Waals surface area contributed by atoms with Crippen molar-refractivity contribution in [3.05, 3.63) is 18.2 Å². The second-order valence-corrected chi connectivity index (χ2v) is 23.7. The van der Waals surface area contributed by atoms with Gasteiger partial charge in [0.2, 0.25) is 5.82 Å². The van der Waals surface area contributed by atoms with Crippen LogP contribution in [0.25, 0.3) is 0 Å². The Bertz CT molecular complexity index is 1840. The van der Waals surface area contributed by atoms with Gasteiger partial charge in [-0.3, -0.25) is 14.4 Å². The van der Waals surface area contributed by atoms with Gasteiger partial charge >= 0.3 is 109 Å². The molecular formula is C50H74BrF3K2N2O8. The van der Waals surface area contributed by atoms with Gasteiger partial charge in [0.15, 0.2) is 11.5 Å². The normalized spacial score (nSPS) is 44.1. The smallest absolute Gasteiger partial charge is 1.00 e. The summed E-state index contributed by atoms with van der Waals surface area (Å²) >= 11 is 3.44. The van der Waals surface area contributed by atoms with Crippen molar-refractivity contribution in [1.29, 1.82) is 0 Å². The van der Waals surface area contributed by atoms with Gasteiger partial charge in [0, 0.05) is 11.8 Å². The molecule has 0 saturated heterocycles. The molecule has 2 N–H and O–H groups in total. The number of fused-ring (bicyclic) bond motifs is 10. The second kappa shape index (κ2) is 23.1. The van der Waals surface area contributed by atoms with Crippen molar-refractivity contribution in [3.63, 3.8) is 0 Å². The van der Waals surface area contributed by atoms with Crippen LogP contribution in [0.15, 0.2) is 12.4 Å². The minimum absolute atomic E-state index is 0. The zero-order valence-electron chi connectivity index (χ0n) is 41.8. The summed E-state index contributed by atoms with van der Waals surface area (Å²) in [6.45, 7) is 13.1. The number of hydrogen-bond acceptors (Lipinski definition) is 10. The number of alkyl halides is 4. The van der Waals surface area contributed by atoms with Crippen LogP contribution in [0.1, 0.15) is 152 Å². The van der Waals surface area contributed by atoms with Crippen LogP contribution in [0.2, 0.25) is 0 Å². The second-order valence-electron chi connectivity index (χ2n) is 23.1. The maximum atomic E-state index is 13.3. The fraction of sp³-hybridized carbons (Fsp3) is 0.860. The van der Waals surface area contributed by atoms with Crippen molar-refractivity contribution in [2.45, 2.75) is 162 Å². The standard InChI is InChI=1S/C27H37F3N2O3.C22H35BrO2.CH2O3.2K.H/c1-15-10-21(22(33)14-35-17-12-31-24(32-13-17)27(28,29)30)26(3)9-7-19-18-6-8-25(2,34)11-16(18)4-5-20(19)23(15)26;1-13-10-18(19(24)12-23)22(3)9-7-16-15-6-8-21(2,25)11-14(15)4-5-17(16)20(13)22;2-1-4-3;;;/h12-13,15-16,18-21,23,34H,4-11,14H2,1-3H3;13-18,20,25H,4-12H2,1-3H3;1,3H;;;/q;;;2*+1;-1/p-1/t15-,16-,18+,19-,20-,21-,23+,25-,26-;13-,14-,15+,16-,17-,18-,20+,21-,22-;;;;/m11..../s1. The predicted octanol–water partition coefficient (Wildman–Crippen LogP) is 3.48. The zero-order chi connectivity index (χ0) is 46.6. The Hall–Kier alpha value is 1.11. The minimum atomic E-state index is -4.61. The van der Waals surface area contributed by atoms with Gasteiger partial charge in [0.25, 0.3) is 6.47 Å². The first-order valence-electron chi connectivity index (χ1n) is 24.4. The van der Waals surface area contributed by atoms with E-state index in [1.807, 2.05) is 13.8 Å². The number of ether oxygens (including phenoxy) is 1. The number of aliphatic hydroxyl groups is 2. The Morgan fingerprint density at radius 2 is 1.15 bits per heavy atom. The van der Waals surface area contributed by atoms with Gasteiger partial charge in [-0.05, 0) is 198 Å². The Morgan fingerprint density at radius 1 is 0.742 bits per heavy atom. The first-order chi connectivity index (χ1) is 30.1. The summed E-state index contributed by atoms with van der Waals surface area (Å²) in [4.78, 5) is 43.8. The van der Waals surface area contributed by atoms with E-state index in [4.69, 9.17) is 14.8 Å². The van der Waals surface area contributed by atoms with Crippen LogP contribution in [0.5, 0.6) is 5.75 Å². The van der Waals surface area contributed by atoms with Crippen molar-refractivity contribution in [3.8, 4) is 5.75 Å². The summed E-state index contributed by atoms with van der Waals surface area (Å²) in [5.41, 5.74) is -0.776. The summed E-state index contributed by atoms with van der Waals surface area (Å²) in [7, 11) is 0. The van der Waals surface area contributed by atoms with Crippen LogP contribution in [0, 0.1) is 93.7 Å². The van der Waals surface area contributed by atoms with Crippen molar-refractivity contribution >= 4 is 34.0 Å². The summed E-state index contributed by atoms with van der Waals surface area (Å²) in [5, 5.41) is 30.1. The van der Waals surface area contributed by atoms with Crippen molar-refractivity contribution < 1.29 is 157 Å². The molecule has 0 aromatic carbocycles. The van der Waals surface area contributed by atoms with Gasteiger partial charge in [-0.15, -0.1) is 0 Å². The molecule has 10 nitrogen and oxygen atoms in total. The third-order valence-corrected chi connectivity index (χ3v) is 19.9. The van der Waals surface area contributed by atoms with Gasteiger partial charge in [0.1, 0.15) is 12.4 Å². The van der Waals surface area contributed by atoms with Crippen LogP contribution in [0.4, 0.5) is 13.2 Å². The van der Waals surface area contributed by atoms with Crippen LogP contribution >= 0.6 is 15.9 Å². The van der Waals surface area contributed by atoms with Crippen LogP contribution in [-0.4, -0.2) is 61.4 Å². The Morgan fingerprint density at radius 3 is 1.55 bits per heavy atom. The number of hydrogen-bond donors (Lipinski definition) is 2. The molecule has 18 atom stereocenters. The molecule has 8 aliphatic carbocycles. The zero-order valence-corrected chi connectivity index (χ0v) is 48.6. The molecule has 66 heavy (non-hydrogen) atoms. The molecule has 1 aromatic rings. The molecule has 0 spiro atoms. The van der Waals surface area contributed by atoms with E-state index in [1.165, 1.54) is 44.9 Å². The largest absolute Gasteiger partial charge is 1.00 e. The molecule has 1 heterocycles. The topological polar surface area (TPSA) is 159 Å². The monoisotopic (exact) mass is 1040 g/mol. The average Bonchev–Trinajstić information content (AvgIpc) is 3.69. The molecule has 8 fully saturated rings. The average molecular weight is 1050 g/mol. The SMILES string of the molecule is C[C@@H]1C[C@H](C(=O)CBr)[C@@]2(C)CC[C@H]3[C@@H](CC[C@@H]4C[C@](C)(O)CC[C@@H]43)[C@H]12.C[C@@H]1C[C@H](C(=O)COc2cnc(C(F)(F)F)nc2)[C@@]2(C)CC[C@H]3[C@@H](CC[C@@H]4C[C@](C)(O)CC[C@@H]43)[C@H]12.O=CO[O-].[H-].[K+].[K+]. The molecular weight excluding hydrogens is 972 g/mol. The van der Waals surface area contributed by atoms with Crippen LogP contribution in [0.3, 0.4) is 0 Å². The molecule has 9 rings (SSSR count). The summed E-state index contributed by atoms with van der Waals surface area (Å²) in [5.74, 6) is 7.81. The number of carbonyl (C=O) groups is 3. The molecule has 0 bridgehead atoms. The number of nitrogens with zero attached hydrogens (tertiary/aromatic N) is 2. The molecule has 8 saturated carbocycles. The summed E-state index contributed by atoms with van der Waals surface area (Å²) < 4.78 is 43.6. The van der Waals surface area contributed by atoms with Gasteiger partial charge < -0.3 is 26.5 Å². The number of rotatable bonds is 7. The maximum absolute atomic E-state index is 13.3. The van der Waals surface area contributed by atoms with Gasteiger partial charge in [-0.25, -0.2) is 9.97 Å². The van der Waals surface area contributed by atoms with E-state index < -0.39 is 23.2 Å². The van der Waals surface area contributed by atoms with E-state index in [1.54, 1.807) is 0 Å². The van der Waals surface area contributed by atoms with Gasteiger partial charge in [-0.1, -0.05) is 43.6 Å². The van der Waals surface area contributed by atoms with Gasteiger partial charge in [-0.2, -0.15) is 13.2 Å². The maximum Gasteiger partial charge on any atom is 1.00 e. The molecule has 362 valence electrons. The molecule has 0 amide bonds. The fourth-order valence-corrected chi connectivity index (χ4v) is 17.5. The Kier molecular flexibility index (Phi) is 20.3. The van der Waals surface area contributed by atoms with Crippen LogP contribution in [-0.2, 0) is 25.4 Å². The van der Waals surface area contributed by atoms with Gasteiger partial charge in [0.05, 0.1) is 28.9 Å². The fourth-order valence-electron chi connectivity index (χ4n) is 17.1. The Labute approximate surface area is 485 Å². The number of Topliss-reactive ketones (excluding diaryl/α,β-unsaturated/α-hetero) is 2. The number of carbonyl (C=O) groups excluding carboxylic acids is 3. The van der Waals surface area contributed by atoms with E-state index >= 15 is 0 Å². The van der Waals surface area contributed by atoms with Crippen molar-refractivity contribution in [2.24, 2.45) is 93.7 Å². The minimum Gasteiger partial charge on any atom is -1.00 e. The molecule has 0 aliphatic heterocycles. The van der Waals surface area contributed by atoms with E-state index in [2.05, 4.69) is 58.5 Å². The molecule has 8 aliphatic rings. The first-order valence-corrected chi connectivity index (χ1v) is 25.5. The molecule has 16 heteroatoms.